The van der Waals surface area contributed by atoms with Crippen molar-refractivity contribution in [1.82, 2.24) is 10.2 Å². The van der Waals surface area contributed by atoms with Gasteiger partial charge < -0.3 is 19.7 Å². The first-order valence-electron chi connectivity index (χ1n) is 9.68. The predicted molar refractivity (Wildman–Crippen MR) is 105 cm³/mol. The molecule has 1 atom stereocenters. The fraction of sp³-hybridized carbons (Fsp3) is 0.571. The van der Waals surface area contributed by atoms with Crippen molar-refractivity contribution >= 4 is 17.8 Å². The second kappa shape index (κ2) is 9.57. The molecular formula is C21H30N2O5. The highest BCUT2D eigenvalue weighted by Gasteiger charge is 2.35. The van der Waals surface area contributed by atoms with E-state index in [1.165, 1.54) is 10.5 Å². The zero-order chi connectivity index (χ0) is 20.7. The molecule has 0 bridgehead atoms. The number of amides is 2. The maximum absolute atomic E-state index is 12.6. The average molecular weight is 390 g/mol. The van der Waals surface area contributed by atoms with Gasteiger partial charge in [-0.3, -0.25) is 14.4 Å². The fourth-order valence-electron chi connectivity index (χ4n) is 2.93. The molecule has 0 radical (unpaired) electrons. The first-order chi connectivity index (χ1) is 13.2. The molecule has 7 heteroatoms. The molecule has 1 aromatic carbocycles. The quantitative estimate of drug-likeness (QED) is 0.720. The van der Waals surface area contributed by atoms with Gasteiger partial charge >= 0.3 is 5.97 Å². The van der Waals surface area contributed by atoms with Crippen LogP contribution in [-0.4, -0.2) is 55.0 Å². The van der Waals surface area contributed by atoms with Crippen molar-refractivity contribution in [2.45, 2.75) is 52.0 Å². The summed E-state index contributed by atoms with van der Waals surface area (Å²) in [5, 5.41) is 2.69. The third-order valence-corrected chi connectivity index (χ3v) is 4.56. The number of carbonyl (C=O) groups excluding carboxylic acids is 3. The Bertz CT molecular complexity index is 694. The van der Waals surface area contributed by atoms with Crippen LogP contribution in [0.25, 0.3) is 0 Å². The van der Waals surface area contributed by atoms with E-state index >= 15 is 0 Å². The minimum absolute atomic E-state index is 0.0368. The molecule has 7 nitrogen and oxygen atoms in total. The van der Waals surface area contributed by atoms with Crippen LogP contribution >= 0.6 is 0 Å². The lowest BCUT2D eigenvalue weighted by atomic mass is 9.87. The lowest BCUT2D eigenvalue weighted by Crippen LogP contribution is -2.58. The van der Waals surface area contributed by atoms with Crippen LogP contribution in [0.15, 0.2) is 24.3 Å². The molecular weight excluding hydrogens is 360 g/mol. The molecule has 0 aliphatic carbocycles. The Labute approximate surface area is 166 Å². The van der Waals surface area contributed by atoms with E-state index in [0.29, 0.717) is 31.9 Å². The number of esters is 1. The van der Waals surface area contributed by atoms with Gasteiger partial charge in [0.15, 0.2) is 6.61 Å². The van der Waals surface area contributed by atoms with Crippen LogP contribution in [0.3, 0.4) is 0 Å². The van der Waals surface area contributed by atoms with Crippen molar-refractivity contribution < 1.29 is 23.9 Å². The Morgan fingerprint density at radius 1 is 1.21 bits per heavy atom. The van der Waals surface area contributed by atoms with Gasteiger partial charge in [-0.05, 0) is 29.5 Å². The number of ether oxygens (including phenoxy) is 2. The number of carbonyl (C=O) groups is 3. The molecule has 2 amide bonds. The molecule has 1 heterocycles. The summed E-state index contributed by atoms with van der Waals surface area (Å²) in [6.45, 7) is 9.06. The summed E-state index contributed by atoms with van der Waals surface area (Å²) in [5.74, 6) is -0.576. The maximum Gasteiger partial charge on any atom is 0.308 e. The average Bonchev–Trinajstić information content (AvgIpc) is 2.65. The van der Waals surface area contributed by atoms with E-state index in [-0.39, 0.29) is 30.3 Å². The number of hydrogen-bond acceptors (Lipinski definition) is 5. The summed E-state index contributed by atoms with van der Waals surface area (Å²) in [7, 11) is 0. The van der Waals surface area contributed by atoms with Gasteiger partial charge in [-0.15, -0.1) is 0 Å². The number of hydrogen-bond donors (Lipinski definition) is 1. The van der Waals surface area contributed by atoms with Crippen LogP contribution in [0, 0.1) is 0 Å². The van der Waals surface area contributed by atoms with E-state index in [1.807, 2.05) is 31.2 Å². The molecule has 28 heavy (non-hydrogen) atoms. The van der Waals surface area contributed by atoms with Crippen molar-refractivity contribution in [3.63, 3.8) is 0 Å². The summed E-state index contributed by atoms with van der Waals surface area (Å²) in [6, 6.07) is 6.74. The second-order valence-corrected chi connectivity index (χ2v) is 7.88. The van der Waals surface area contributed by atoms with Crippen LogP contribution in [0.5, 0.6) is 5.75 Å². The number of nitrogens with zero attached hydrogens (tertiary/aromatic N) is 1. The highest BCUT2D eigenvalue weighted by Crippen LogP contribution is 2.24. The van der Waals surface area contributed by atoms with Gasteiger partial charge in [0.2, 0.25) is 5.91 Å². The van der Waals surface area contributed by atoms with Gasteiger partial charge in [-0.1, -0.05) is 39.8 Å². The third-order valence-electron chi connectivity index (χ3n) is 4.56. The molecule has 1 N–H and O–H groups in total. The minimum Gasteiger partial charge on any atom is -0.484 e. The highest BCUT2D eigenvalue weighted by molar-refractivity contribution is 5.92. The summed E-state index contributed by atoms with van der Waals surface area (Å²) >= 11 is 0. The molecule has 0 aromatic heterocycles. The van der Waals surface area contributed by atoms with Crippen LogP contribution in [0.4, 0.5) is 0 Å². The zero-order valence-corrected chi connectivity index (χ0v) is 17.1. The summed E-state index contributed by atoms with van der Waals surface area (Å²) in [5.41, 5.74) is 1.21. The topological polar surface area (TPSA) is 84.9 Å². The summed E-state index contributed by atoms with van der Waals surface area (Å²) in [6.07, 6.45) is 0.547. The van der Waals surface area contributed by atoms with Gasteiger partial charge in [-0.25, -0.2) is 0 Å². The second-order valence-electron chi connectivity index (χ2n) is 7.88. The molecule has 1 aliphatic heterocycles. The van der Waals surface area contributed by atoms with E-state index in [2.05, 4.69) is 26.1 Å². The summed E-state index contributed by atoms with van der Waals surface area (Å²) in [4.78, 5) is 38.1. The lowest BCUT2D eigenvalue weighted by Gasteiger charge is -2.34. The van der Waals surface area contributed by atoms with Crippen LogP contribution < -0.4 is 10.1 Å². The van der Waals surface area contributed by atoms with Gasteiger partial charge in [0, 0.05) is 13.1 Å². The van der Waals surface area contributed by atoms with Gasteiger partial charge in [0.1, 0.15) is 11.8 Å². The van der Waals surface area contributed by atoms with Crippen LogP contribution in [0.2, 0.25) is 0 Å². The van der Waals surface area contributed by atoms with Gasteiger partial charge in [-0.2, -0.15) is 0 Å². The Morgan fingerprint density at radius 2 is 1.89 bits per heavy atom. The molecule has 1 fully saturated rings. The number of rotatable bonds is 7. The first-order valence-corrected chi connectivity index (χ1v) is 9.68. The first kappa shape index (κ1) is 21.7. The normalized spacial score (nSPS) is 17.1. The van der Waals surface area contributed by atoms with Crippen molar-refractivity contribution in [2.24, 2.45) is 0 Å². The minimum atomic E-state index is -0.863. The molecule has 2 rings (SSSR count). The standard InChI is InChI=1S/C21H30N2O5/c1-5-12-27-19(25)13-17-20(26)22-10-11-23(17)18(24)14-28-16-8-6-15(7-9-16)21(2,3)4/h6-9,17H,5,10-14H2,1-4H3,(H,22,26). The molecule has 0 saturated carbocycles. The highest BCUT2D eigenvalue weighted by atomic mass is 16.5. The van der Waals surface area contributed by atoms with Crippen LogP contribution in [-0.2, 0) is 24.5 Å². The Kier molecular flexibility index (Phi) is 7.43. The van der Waals surface area contributed by atoms with Crippen molar-refractivity contribution in [1.29, 1.82) is 0 Å². The van der Waals surface area contributed by atoms with Crippen molar-refractivity contribution in [3.05, 3.63) is 29.8 Å². The van der Waals surface area contributed by atoms with E-state index < -0.39 is 12.0 Å². The number of nitrogens with one attached hydrogen (secondary N) is 1. The lowest BCUT2D eigenvalue weighted by molar-refractivity contribution is -0.152. The largest absolute Gasteiger partial charge is 0.484 e. The smallest absolute Gasteiger partial charge is 0.308 e. The Balaban J connectivity index is 1.96. The summed E-state index contributed by atoms with van der Waals surface area (Å²) < 4.78 is 10.7. The van der Waals surface area contributed by atoms with Gasteiger partial charge in [0.05, 0.1) is 13.0 Å². The number of benzene rings is 1. The Hall–Kier alpha value is -2.57. The van der Waals surface area contributed by atoms with E-state index in [9.17, 15) is 14.4 Å². The molecule has 1 saturated heterocycles. The molecule has 0 spiro atoms. The van der Waals surface area contributed by atoms with Crippen molar-refractivity contribution in [3.8, 4) is 5.75 Å². The molecule has 1 unspecified atom stereocenters. The molecule has 1 aliphatic rings. The van der Waals surface area contributed by atoms with E-state index in [1.54, 1.807) is 0 Å². The van der Waals surface area contributed by atoms with Crippen LogP contribution in [0.1, 0.15) is 46.1 Å². The third kappa shape index (κ3) is 5.97. The molecule has 154 valence electrons. The number of piperazine rings is 1. The van der Waals surface area contributed by atoms with E-state index in [4.69, 9.17) is 9.47 Å². The fourth-order valence-corrected chi connectivity index (χ4v) is 2.93. The predicted octanol–water partition coefficient (Wildman–Crippen LogP) is 2.03. The van der Waals surface area contributed by atoms with Crippen molar-refractivity contribution in [2.75, 3.05) is 26.3 Å². The van der Waals surface area contributed by atoms with Gasteiger partial charge in [0.25, 0.3) is 5.91 Å². The SMILES string of the molecule is CCCOC(=O)CC1C(=O)NCCN1C(=O)COc1ccc(C(C)(C)C)cc1. The zero-order valence-electron chi connectivity index (χ0n) is 17.1. The van der Waals surface area contributed by atoms with E-state index in [0.717, 1.165) is 0 Å². The Morgan fingerprint density at radius 3 is 2.50 bits per heavy atom. The maximum atomic E-state index is 12.6. The molecule has 1 aromatic rings. The monoisotopic (exact) mass is 390 g/mol.